The zero-order chi connectivity index (χ0) is 16.8. The number of carbonyl (C=O) groups is 1. The van der Waals surface area contributed by atoms with E-state index in [-0.39, 0.29) is 16.7 Å². The first-order valence-electron chi connectivity index (χ1n) is 7.22. The lowest BCUT2D eigenvalue weighted by Gasteiger charge is -2.11. The summed E-state index contributed by atoms with van der Waals surface area (Å²) in [5, 5.41) is 2.80. The summed E-state index contributed by atoms with van der Waals surface area (Å²) in [6, 6.07) is 8.06. The Bertz CT molecular complexity index is 715. The number of nitrogens with one attached hydrogen (secondary N) is 3. The Morgan fingerprint density at radius 1 is 1.30 bits per heavy atom. The highest BCUT2D eigenvalue weighted by molar-refractivity contribution is 7.80. The van der Waals surface area contributed by atoms with Crippen molar-refractivity contribution in [2.24, 2.45) is 0 Å². The molecule has 0 aliphatic heterocycles. The number of benzene rings is 1. The zero-order valence-corrected chi connectivity index (χ0v) is 14.5. The summed E-state index contributed by atoms with van der Waals surface area (Å²) in [6.07, 6.45) is 1.99. The minimum Gasteiger partial charge on any atom is -0.329 e. The molecule has 0 saturated heterocycles. The van der Waals surface area contributed by atoms with Gasteiger partial charge in [-0.3, -0.25) is 15.6 Å². The predicted molar refractivity (Wildman–Crippen MR) is 96.3 cm³/mol. The number of aryl methyl sites for hydroxylation is 2. The van der Waals surface area contributed by atoms with Crippen molar-refractivity contribution in [3.8, 4) is 0 Å². The fourth-order valence-corrected chi connectivity index (χ4v) is 3.17. The number of rotatable bonds is 4. The van der Waals surface area contributed by atoms with Gasteiger partial charge < -0.3 is 5.32 Å². The summed E-state index contributed by atoms with van der Waals surface area (Å²) >= 11 is 6.48. The van der Waals surface area contributed by atoms with Crippen molar-refractivity contribution in [2.75, 3.05) is 5.32 Å². The Labute approximate surface area is 144 Å². The molecule has 0 aliphatic rings. The molecule has 0 saturated carbocycles. The normalized spacial score (nSPS) is 10.2. The first kappa shape index (κ1) is 17.4. The van der Waals surface area contributed by atoms with E-state index in [4.69, 9.17) is 12.2 Å². The summed E-state index contributed by atoms with van der Waals surface area (Å²) in [6.45, 7) is 4.11. The molecule has 0 aliphatic carbocycles. The van der Waals surface area contributed by atoms with Crippen LogP contribution in [0.5, 0.6) is 0 Å². The van der Waals surface area contributed by atoms with Crippen molar-refractivity contribution in [1.29, 1.82) is 0 Å². The molecule has 2 aromatic rings. The third kappa shape index (κ3) is 4.74. The Balaban J connectivity index is 1.90. The summed E-state index contributed by atoms with van der Waals surface area (Å²) in [4.78, 5) is 13.9. The van der Waals surface area contributed by atoms with E-state index in [9.17, 15) is 9.18 Å². The molecule has 0 bridgehead atoms. The number of para-hydroxylation sites is 1. The molecule has 1 heterocycles. The quantitative estimate of drug-likeness (QED) is 0.580. The molecule has 0 fully saturated rings. The van der Waals surface area contributed by atoms with Gasteiger partial charge in [-0.05, 0) is 49.3 Å². The van der Waals surface area contributed by atoms with E-state index in [1.165, 1.54) is 23.0 Å². The SMILES string of the molecule is CCCc1cc(C(=O)NNC(=S)Nc2ccccc2F)sc1C. The minimum atomic E-state index is -0.416. The molecule has 3 N–H and O–H groups in total. The average Bonchev–Trinajstić information content (AvgIpc) is 2.89. The number of thiocarbonyl (C=S) groups is 1. The van der Waals surface area contributed by atoms with Crippen LogP contribution in [0.25, 0.3) is 0 Å². The van der Waals surface area contributed by atoms with Crippen LogP contribution in [0.1, 0.15) is 33.5 Å². The van der Waals surface area contributed by atoms with E-state index in [2.05, 4.69) is 23.1 Å². The Hall–Kier alpha value is -1.99. The lowest BCUT2D eigenvalue weighted by atomic mass is 10.1. The number of amides is 1. The first-order chi connectivity index (χ1) is 11.0. The van der Waals surface area contributed by atoms with Crippen molar-refractivity contribution < 1.29 is 9.18 Å². The Morgan fingerprint density at radius 3 is 2.74 bits per heavy atom. The number of hydrogen-bond acceptors (Lipinski definition) is 3. The van der Waals surface area contributed by atoms with Gasteiger partial charge in [0.2, 0.25) is 0 Å². The third-order valence-electron chi connectivity index (χ3n) is 3.18. The highest BCUT2D eigenvalue weighted by Crippen LogP contribution is 2.22. The average molecular weight is 351 g/mol. The van der Waals surface area contributed by atoms with Gasteiger partial charge in [-0.25, -0.2) is 4.39 Å². The smallest absolute Gasteiger partial charge is 0.279 e. The van der Waals surface area contributed by atoms with Crippen molar-refractivity contribution in [1.82, 2.24) is 10.9 Å². The van der Waals surface area contributed by atoms with Gasteiger partial charge in [0.1, 0.15) is 5.82 Å². The second kappa shape index (κ2) is 8.03. The number of anilines is 1. The Morgan fingerprint density at radius 2 is 2.04 bits per heavy atom. The van der Waals surface area contributed by atoms with Crippen molar-refractivity contribution in [3.05, 3.63) is 51.5 Å². The largest absolute Gasteiger partial charge is 0.329 e. The molecule has 1 aromatic carbocycles. The van der Waals surface area contributed by atoms with E-state index in [1.807, 2.05) is 13.0 Å². The second-order valence-electron chi connectivity index (χ2n) is 4.96. The van der Waals surface area contributed by atoms with Gasteiger partial charge in [0.15, 0.2) is 5.11 Å². The third-order valence-corrected chi connectivity index (χ3v) is 4.47. The van der Waals surface area contributed by atoms with Crippen LogP contribution in [-0.4, -0.2) is 11.0 Å². The van der Waals surface area contributed by atoms with Crippen molar-refractivity contribution >= 4 is 40.3 Å². The Kier molecular flexibility index (Phi) is 6.06. The maximum atomic E-state index is 13.5. The van der Waals surface area contributed by atoms with Crippen LogP contribution in [0, 0.1) is 12.7 Å². The fourth-order valence-electron chi connectivity index (χ4n) is 2.04. The molecule has 0 spiro atoms. The first-order valence-corrected chi connectivity index (χ1v) is 8.45. The monoisotopic (exact) mass is 351 g/mol. The molecule has 0 radical (unpaired) electrons. The molecule has 0 unspecified atom stereocenters. The van der Waals surface area contributed by atoms with Crippen LogP contribution in [0.4, 0.5) is 10.1 Å². The van der Waals surface area contributed by atoms with Gasteiger partial charge in [-0.15, -0.1) is 11.3 Å². The maximum absolute atomic E-state index is 13.5. The summed E-state index contributed by atoms with van der Waals surface area (Å²) in [7, 11) is 0. The van der Waals surface area contributed by atoms with Crippen LogP contribution >= 0.6 is 23.6 Å². The number of thiophene rings is 1. The summed E-state index contributed by atoms with van der Waals surface area (Å²) < 4.78 is 13.5. The fraction of sp³-hybridized carbons (Fsp3) is 0.250. The second-order valence-corrected chi connectivity index (χ2v) is 6.62. The molecule has 0 atom stereocenters. The highest BCUT2D eigenvalue weighted by atomic mass is 32.1. The minimum absolute atomic E-state index is 0.116. The van der Waals surface area contributed by atoms with Gasteiger partial charge in [0.25, 0.3) is 5.91 Å². The van der Waals surface area contributed by atoms with Gasteiger partial charge in [0.05, 0.1) is 10.6 Å². The van der Waals surface area contributed by atoms with E-state index in [0.717, 1.165) is 17.7 Å². The van der Waals surface area contributed by atoms with E-state index < -0.39 is 5.82 Å². The standard InChI is InChI=1S/C16H18FN3OS2/c1-3-6-11-9-14(23-10(11)2)15(21)19-20-16(22)18-13-8-5-4-7-12(13)17/h4-5,7-9H,3,6H2,1-2H3,(H,19,21)(H2,18,20,22). The van der Waals surface area contributed by atoms with Crippen LogP contribution in [0.2, 0.25) is 0 Å². The van der Waals surface area contributed by atoms with Crippen molar-refractivity contribution in [2.45, 2.75) is 26.7 Å². The summed E-state index contributed by atoms with van der Waals surface area (Å²) in [5.41, 5.74) is 6.53. The molecule has 1 aromatic heterocycles. The van der Waals surface area contributed by atoms with Gasteiger partial charge >= 0.3 is 0 Å². The van der Waals surface area contributed by atoms with Gasteiger partial charge in [-0.2, -0.15) is 0 Å². The van der Waals surface area contributed by atoms with E-state index in [0.29, 0.717) is 4.88 Å². The van der Waals surface area contributed by atoms with Crippen LogP contribution < -0.4 is 16.2 Å². The number of hydrazine groups is 1. The highest BCUT2D eigenvalue weighted by Gasteiger charge is 2.12. The van der Waals surface area contributed by atoms with E-state index >= 15 is 0 Å². The number of halogens is 1. The molecular formula is C16H18FN3OS2. The molecular weight excluding hydrogens is 333 g/mol. The molecule has 23 heavy (non-hydrogen) atoms. The van der Waals surface area contributed by atoms with Crippen LogP contribution in [0.3, 0.4) is 0 Å². The molecule has 2 rings (SSSR count). The molecule has 7 heteroatoms. The zero-order valence-electron chi connectivity index (χ0n) is 12.9. The lowest BCUT2D eigenvalue weighted by molar-refractivity contribution is 0.0948. The molecule has 122 valence electrons. The van der Waals surface area contributed by atoms with Gasteiger partial charge in [-0.1, -0.05) is 25.5 Å². The number of hydrogen-bond donors (Lipinski definition) is 3. The topological polar surface area (TPSA) is 53.2 Å². The predicted octanol–water partition coefficient (Wildman–Crippen LogP) is 3.78. The van der Waals surface area contributed by atoms with Crippen LogP contribution in [0.15, 0.2) is 30.3 Å². The van der Waals surface area contributed by atoms with E-state index in [1.54, 1.807) is 18.2 Å². The molecule has 4 nitrogen and oxygen atoms in total. The van der Waals surface area contributed by atoms with Crippen LogP contribution in [-0.2, 0) is 6.42 Å². The van der Waals surface area contributed by atoms with Gasteiger partial charge in [0, 0.05) is 4.88 Å². The summed E-state index contributed by atoms with van der Waals surface area (Å²) in [5.74, 6) is -0.681. The lowest BCUT2D eigenvalue weighted by Crippen LogP contribution is -2.43. The van der Waals surface area contributed by atoms with Crippen molar-refractivity contribution in [3.63, 3.8) is 0 Å². The maximum Gasteiger partial charge on any atom is 0.279 e. The molecule has 1 amide bonds. The number of carbonyl (C=O) groups excluding carboxylic acids is 1.